The summed E-state index contributed by atoms with van der Waals surface area (Å²) in [4.78, 5) is 16.8. The van der Waals surface area contributed by atoms with Crippen LogP contribution in [0.15, 0.2) is 21.3 Å². The minimum absolute atomic E-state index is 0.0878. The number of aryl methyl sites for hydroxylation is 1. The Kier molecular flexibility index (Phi) is 3.98. The van der Waals surface area contributed by atoms with Crippen molar-refractivity contribution in [3.63, 3.8) is 0 Å². The van der Waals surface area contributed by atoms with Crippen LogP contribution >= 0.6 is 11.3 Å². The lowest BCUT2D eigenvalue weighted by molar-refractivity contribution is -0.122. The maximum Gasteiger partial charge on any atom is 0.227 e. The van der Waals surface area contributed by atoms with Crippen LogP contribution in [-0.4, -0.2) is 22.1 Å². The van der Waals surface area contributed by atoms with Crippen molar-refractivity contribution in [1.29, 1.82) is 0 Å². The van der Waals surface area contributed by atoms with Crippen molar-refractivity contribution in [2.24, 2.45) is 16.7 Å². The summed E-state index contributed by atoms with van der Waals surface area (Å²) in [5.74, 6) is 1.94. The average molecular weight is 359 g/mol. The van der Waals surface area contributed by atoms with Crippen molar-refractivity contribution in [2.45, 2.75) is 58.9 Å². The number of aromatic nitrogens is 2. The van der Waals surface area contributed by atoms with Gasteiger partial charge in [0.15, 0.2) is 0 Å². The fourth-order valence-corrected chi connectivity index (χ4v) is 5.41. The zero-order valence-electron chi connectivity index (χ0n) is 15.0. The Morgan fingerprint density at radius 3 is 2.92 bits per heavy atom. The first-order valence-electron chi connectivity index (χ1n) is 9.05. The summed E-state index contributed by atoms with van der Waals surface area (Å²) in [5.41, 5.74) is 1.48. The molecule has 2 aliphatic rings. The Labute approximate surface area is 152 Å². The quantitative estimate of drug-likeness (QED) is 0.874. The molecular formula is C19H25N3O2S. The first kappa shape index (κ1) is 16.8. The molecule has 134 valence electrons. The van der Waals surface area contributed by atoms with Crippen molar-refractivity contribution in [3.8, 4) is 11.4 Å². The number of nitrogens with one attached hydrogen (secondary N) is 1. The number of carbonyl (C=O) groups excluding carboxylic acids is 1. The van der Waals surface area contributed by atoms with Crippen LogP contribution in [0.2, 0.25) is 0 Å². The van der Waals surface area contributed by atoms with E-state index in [1.807, 2.05) is 16.8 Å². The van der Waals surface area contributed by atoms with Crippen molar-refractivity contribution < 1.29 is 9.32 Å². The average Bonchev–Trinajstić information content (AvgIpc) is 3.31. The van der Waals surface area contributed by atoms with Gasteiger partial charge in [-0.2, -0.15) is 16.3 Å². The van der Waals surface area contributed by atoms with Crippen LogP contribution in [-0.2, 0) is 11.2 Å². The largest absolute Gasteiger partial charge is 0.353 e. The number of amides is 1. The van der Waals surface area contributed by atoms with E-state index in [1.165, 1.54) is 12.8 Å². The SMILES string of the molecule is CC1(C)C2CCC1(C)C(NC(=O)CCc1nc(-c3ccsc3)no1)C2. The van der Waals surface area contributed by atoms with Crippen LogP contribution in [0.1, 0.15) is 52.3 Å². The lowest BCUT2D eigenvalue weighted by Gasteiger charge is -2.39. The van der Waals surface area contributed by atoms with E-state index in [2.05, 4.69) is 36.2 Å². The molecule has 0 aliphatic heterocycles. The van der Waals surface area contributed by atoms with Crippen LogP contribution in [0.3, 0.4) is 0 Å². The Morgan fingerprint density at radius 1 is 1.44 bits per heavy atom. The zero-order chi connectivity index (χ0) is 17.7. The maximum absolute atomic E-state index is 12.4. The van der Waals surface area contributed by atoms with Gasteiger partial charge in [0, 0.05) is 29.8 Å². The maximum atomic E-state index is 12.4. The second-order valence-corrected chi connectivity index (χ2v) is 9.03. The van der Waals surface area contributed by atoms with Gasteiger partial charge in [-0.25, -0.2) is 0 Å². The van der Waals surface area contributed by atoms with Crippen LogP contribution in [0.5, 0.6) is 0 Å². The Balaban J connectivity index is 1.33. The van der Waals surface area contributed by atoms with E-state index in [9.17, 15) is 4.79 Å². The number of hydrogen-bond donors (Lipinski definition) is 1. The van der Waals surface area contributed by atoms with E-state index in [0.29, 0.717) is 30.0 Å². The molecule has 3 atom stereocenters. The number of rotatable bonds is 5. The number of fused-ring (bicyclic) bond motifs is 2. The molecule has 1 N–H and O–H groups in total. The highest BCUT2D eigenvalue weighted by atomic mass is 32.1. The smallest absolute Gasteiger partial charge is 0.227 e. The van der Waals surface area contributed by atoms with E-state index in [4.69, 9.17) is 4.52 Å². The first-order valence-corrected chi connectivity index (χ1v) is 9.99. The molecule has 6 heteroatoms. The molecule has 0 spiro atoms. The van der Waals surface area contributed by atoms with Gasteiger partial charge in [-0.1, -0.05) is 25.9 Å². The van der Waals surface area contributed by atoms with Gasteiger partial charge in [0.05, 0.1) is 0 Å². The van der Waals surface area contributed by atoms with E-state index in [-0.39, 0.29) is 17.4 Å². The van der Waals surface area contributed by atoms with E-state index in [1.54, 1.807) is 11.3 Å². The molecule has 5 nitrogen and oxygen atoms in total. The van der Waals surface area contributed by atoms with Crippen molar-refractivity contribution >= 4 is 17.2 Å². The molecule has 0 radical (unpaired) electrons. The highest BCUT2D eigenvalue weighted by molar-refractivity contribution is 7.08. The molecular weight excluding hydrogens is 334 g/mol. The second-order valence-electron chi connectivity index (χ2n) is 8.25. The summed E-state index contributed by atoms with van der Waals surface area (Å²) < 4.78 is 5.27. The van der Waals surface area contributed by atoms with Crippen molar-refractivity contribution in [2.75, 3.05) is 0 Å². The van der Waals surface area contributed by atoms with Crippen LogP contribution in [0.25, 0.3) is 11.4 Å². The fraction of sp³-hybridized carbons (Fsp3) is 0.632. The Hall–Kier alpha value is -1.69. The predicted octanol–water partition coefficient (Wildman–Crippen LogP) is 4.06. The molecule has 2 heterocycles. The zero-order valence-corrected chi connectivity index (χ0v) is 15.9. The highest BCUT2D eigenvalue weighted by Crippen LogP contribution is 2.65. The molecule has 3 unspecified atom stereocenters. The lowest BCUT2D eigenvalue weighted by Crippen LogP contribution is -2.46. The topological polar surface area (TPSA) is 68.0 Å². The van der Waals surface area contributed by atoms with Gasteiger partial charge in [0.2, 0.25) is 17.6 Å². The van der Waals surface area contributed by atoms with Gasteiger partial charge < -0.3 is 9.84 Å². The summed E-state index contributed by atoms with van der Waals surface area (Å²) in [6, 6.07) is 2.25. The molecule has 2 aliphatic carbocycles. The van der Waals surface area contributed by atoms with Gasteiger partial charge in [-0.15, -0.1) is 0 Å². The van der Waals surface area contributed by atoms with Gasteiger partial charge >= 0.3 is 0 Å². The summed E-state index contributed by atoms with van der Waals surface area (Å²) in [7, 11) is 0. The monoisotopic (exact) mass is 359 g/mol. The lowest BCUT2D eigenvalue weighted by atomic mass is 9.69. The second kappa shape index (κ2) is 5.94. The molecule has 2 aromatic heterocycles. The molecule has 25 heavy (non-hydrogen) atoms. The van der Waals surface area contributed by atoms with Crippen molar-refractivity contribution in [3.05, 3.63) is 22.7 Å². The van der Waals surface area contributed by atoms with E-state index >= 15 is 0 Å². The Morgan fingerprint density at radius 2 is 2.28 bits per heavy atom. The first-order chi connectivity index (χ1) is 11.9. The number of thiophene rings is 1. The van der Waals surface area contributed by atoms with Crippen LogP contribution < -0.4 is 5.32 Å². The summed E-state index contributed by atoms with van der Waals surface area (Å²) >= 11 is 1.60. The summed E-state index contributed by atoms with van der Waals surface area (Å²) in [6.07, 6.45) is 4.49. The van der Waals surface area contributed by atoms with Gasteiger partial charge in [-0.3, -0.25) is 4.79 Å². The molecule has 4 rings (SSSR count). The van der Waals surface area contributed by atoms with Crippen LogP contribution in [0.4, 0.5) is 0 Å². The normalized spacial score (nSPS) is 29.9. The molecule has 0 saturated heterocycles. The number of carbonyl (C=O) groups is 1. The molecule has 2 saturated carbocycles. The van der Waals surface area contributed by atoms with E-state index in [0.717, 1.165) is 17.9 Å². The Bertz CT molecular complexity index is 767. The number of hydrogen-bond acceptors (Lipinski definition) is 5. The summed E-state index contributed by atoms with van der Waals surface area (Å²) in [5, 5.41) is 11.2. The minimum Gasteiger partial charge on any atom is -0.353 e. The molecule has 1 amide bonds. The molecule has 2 bridgehead atoms. The highest BCUT2D eigenvalue weighted by Gasteiger charge is 2.61. The minimum atomic E-state index is 0.0878. The number of nitrogens with zero attached hydrogens (tertiary/aromatic N) is 2. The molecule has 0 aromatic carbocycles. The molecule has 2 aromatic rings. The van der Waals surface area contributed by atoms with Gasteiger partial charge in [0.1, 0.15) is 0 Å². The van der Waals surface area contributed by atoms with Gasteiger partial charge in [0.25, 0.3) is 0 Å². The summed E-state index contributed by atoms with van der Waals surface area (Å²) in [6.45, 7) is 7.07. The third-order valence-corrected chi connectivity index (χ3v) is 7.63. The third kappa shape index (κ3) is 2.71. The van der Waals surface area contributed by atoms with E-state index < -0.39 is 0 Å². The predicted molar refractivity (Wildman–Crippen MR) is 97.1 cm³/mol. The molecule has 2 fully saturated rings. The standard InChI is InChI=1S/C19H25N3O2S/c1-18(2)13-6-8-19(18,3)14(10-13)20-15(23)4-5-16-21-17(22-24-16)12-7-9-25-11-12/h7,9,11,13-14H,4-6,8,10H2,1-3H3,(H,20,23). The third-order valence-electron chi connectivity index (χ3n) is 6.94. The fourth-order valence-electron chi connectivity index (χ4n) is 4.77. The van der Waals surface area contributed by atoms with Gasteiger partial charge in [-0.05, 0) is 47.5 Å². The van der Waals surface area contributed by atoms with Crippen LogP contribution in [0, 0.1) is 16.7 Å². The van der Waals surface area contributed by atoms with Crippen molar-refractivity contribution in [1.82, 2.24) is 15.5 Å².